The van der Waals surface area contributed by atoms with Gasteiger partial charge < -0.3 is 10.3 Å². The van der Waals surface area contributed by atoms with Gasteiger partial charge in [0.1, 0.15) is 5.52 Å². The zero-order chi connectivity index (χ0) is 22.9. The number of aromatic nitrogens is 4. The number of carbonyl (C=O) groups excluding carboxylic acids is 1. The first-order chi connectivity index (χ1) is 15.2. The number of anilines is 1. The van der Waals surface area contributed by atoms with E-state index < -0.39 is 10.0 Å². The topological polar surface area (TPSA) is 130 Å². The molecular weight excluding hydrogens is 448 g/mol. The van der Waals surface area contributed by atoms with Crippen LogP contribution in [0.25, 0.3) is 22.1 Å². The lowest BCUT2D eigenvalue weighted by molar-refractivity contribution is -0.114. The highest BCUT2D eigenvalue weighted by atomic mass is 32.2. The molecule has 1 amide bonds. The molecule has 0 fully saturated rings. The number of rotatable bonds is 7. The third kappa shape index (κ3) is 4.59. The Bertz CT molecular complexity index is 1420. The van der Waals surface area contributed by atoms with E-state index in [-0.39, 0.29) is 17.3 Å². The summed E-state index contributed by atoms with van der Waals surface area (Å²) in [5, 5.41) is 12.6. The average molecular weight is 471 g/mol. The molecule has 0 saturated carbocycles. The normalized spacial score (nSPS) is 11.8. The van der Waals surface area contributed by atoms with Crippen molar-refractivity contribution in [2.24, 2.45) is 0 Å². The molecule has 0 aliphatic carbocycles. The molecule has 32 heavy (non-hydrogen) atoms. The Hall–Kier alpha value is -3.02. The minimum Gasteiger partial charge on any atom is -0.337 e. The number of benzene rings is 2. The van der Waals surface area contributed by atoms with Gasteiger partial charge in [-0.25, -0.2) is 18.1 Å². The van der Waals surface area contributed by atoms with Crippen molar-refractivity contribution in [2.75, 3.05) is 17.6 Å². The van der Waals surface area contributed by atoms with Crippen molar-refractivity contribution in [1.29, 1.82) is 0 Å². The lowest BCUT2D eigenvalue weighted by Crippen LogP contribution is -2.26. The van der Waals surface area contributed by atoms with Crippen LogP contribution < -0.4 is 10.0 Å². The maximum Gasteiger partial charge on any atom is 0.240 e. The first-order valence-electron chi connectivity index (χ1n) is 9.87. The molecule has 11 heteroatoms. The summed E-state index contributed by atoms with van der Waals surface area (Å²) in [6.45, 7) is 5.65. The van der Waals surface area contributed by atoms with Crippen molar-refractivity contribution in [3.8, 4) is 0 Å². The van der Waals surface area contributed by atoms with Crippen molar-refractivity contribution >= 4 is 55.4 Å². The predicted octanol–water partition coefficient (Wildman–Crippen LogP) is 3.15. The summed E-state index contributed by atoms with van der Waals surface area (Å²) in [5.74, 6) is 0.220. The standard InChI is InChI=1S/C21H22N6O3S2/c1-12-4-5-13(2)18-17(12)19-20(24-18)25-21(27-26-19)31-11-10-22-32(29,30)16-8-6-15(7-9-16)23-14(3)28/h4-9,22H,10-11H2,1-3H3,(H,23,28)(H,24,25,27). The lowest BCUT2D eigenvalue weighted by Gasteiger charge is -2.07. The van der Waals surface area contributed by atoms with E-state index in [9.17, 15) is 13.2 Å². The second kappa shape index (κ2) is 8.85. The van der Waals surface area contributed by atoms with Gasteiger partial charge in [-0.1, -0.05) is 23.9 Å². The Kier molecular flexibility index (Phi) is 6.13. The van der Waals surface area contributed by atoms with E-state index in [1.54, 1.807) is 12.1 Å². The van der Waals surface area contributed by atoms with Crippen molar-refractivity contribution in [3.05, 3.63) is 47.5 Å². The Morgan fingerprint density at radius 2 is 1.78 bits per heavy atom. The molecule has 0 bridgehead atoms. The smallest absolute Gasteiger partial charge is 0.240 e. The zero-order valence-corrected chi connectivity index (χ0v) is 19.4. The number of thioether (sulfide) groups is 1. The highest BCUT2D eigenvalue weighted by Crippen LogP contribution is 2.28. The molecule has 0 spiro atoms. The summed E-state index contributed by atoms with van der Waals surface area (Å²) in [4.78, 5) is 19.1. The van der Waals surface area contributed by atoms with Gasteiger partial charge in [0.05, 0.1) is 10.4 Å². The van der Waals surface area contributed by atoms with Crippen molar-refractivity contribution in [3.63, 3.8) is 0 Å². The summed E-state index contributed by atoms with van der Waals surface area (Å²) in [6.07, 6.45) is 0. The Morgan fingerprint density at radius 3 is 2.50 bits per heavy atom. The minimum atomic E-state index is -3.66. The average Bonchev–Trinajstić information content (AvgIpc) is 3.14. The number of nitrogens with one attached hydrogen (secondary N) is 3. The summed E-state index contributed by atoms with van der Waals surface area (Å²) in [7, 11) is -3.66. The molecular formula is C21H22N6O3S2. The van der Waals surface area contributed by atoms with Gasteiger partial charge in [-0.15, -0.1) is 10.2 Å². The van der Waals surface area contributed by atoms with E-state index in [2.05, 4.69) is 42.3 Å². The molecule has 166 valence electrons. The van der Waals surface area contributed by atoms with Crippen LogP contribution in [0.2, 0.25) is 0 Å². The van der Waals surface area contributed by atoms with Crippen LogP contribution >= 0.6 is 11.8 Å². The predicted molar refractivity (Wildman–Crippen MR) is 125 cm³/mol. The fourth-order valence-corrected chi connectivity index (χ4v) is 5.15. The van der Waals surface area contributed by atoms with Gasteiger partial charge in [0.25, 0.3) is 0 Å². The second-order valence-electron chi connectivity index (χ2n) is 7.32. The Balaban J connectivity index is 1.40. The Labute approximate surface area is 189 Å². The number of aryl methyl sites for hydroxylation is 2. The van der Waals surface area contributed by atoms with Gasteiger partial charge in [-0.3, -0.25) is 4.79 Å². The van der Waals surface area contributed by atoms with Gasteiger partial charge in [-0.2, -0.15) is 0 Å². The number of sulfonamides is 1. The summed E-state index contributed by atoms with van der Waals surface area (Å²) in [5.41, 5.74) is 5.14. The summed E-state index contributed by atoms with van der Waals surface area (Å²) in [6, 6.07) is 10.1. The zero-order valence-electron chi connectivity index (χ0n) is 17.8. The van der Waals surface area contributed by atoms with Gasteiger partial charge in [0.15, 0.2) is 5.65 Å². The molecule has 3 N–H and O–H groups in total. The van der Waals surface area contributed by atoms with E-state index in [0.29, 0.717) is 22.2 Å². The largest absolute Gasteiger partial charge is 0.337 e. The first-order valence-corrected chi connectivity index (χ1v) is 12.3. The van der Waals surface area contributed by atoms with Crippen LogP contribution in [0.5, 0.6) is 0 Å². The van der Waals surface area contributed by atoms with E-state index in [0.717, 1.165) is 27.5 Å². The highest BCUT2D eigenvalue weighted by molar-refractivity contribution is 7.99. The molecule has 0 atom stereocenters. The molecule has 4 aromatic rings. The van der Waals surface area contributed by atoms with Crippen LogP contribution in [0.4, 0.5) is 5.69 Å². The van der Waals surface area contributed by atoms with E-state index in [1.807, 2.05) is 13.8 Å². The number of fused-ring (bicyclic) bond motifs is 3. The van der Waals surface area contributed by atoms with E-state index in [4.69, 9.17) is 0 Å². The number of aromatic amines is 1. The van der Waals surface area contributed by atoms with Gasteiger partial charge >= 0.3 is 0 Å². The van der Waals surface area contributed by atoms with Crippen molar-refractivity contribution < 1.29 is 13.2 Å². The molecule has 2 aromatic carbocycles. The highest BCUT2D eigenvalue weighted by Gasteiger charge is 2.15. The second-order valence-corrected chi connectivity index (χ2v) is 10.1. The van der Waals surface area contributed by atoms with Crippen molar-refractivity contribution in [1.82, 2.24) is 24.9 Å². The maximum atomic E-state index is 12.5. The van der Waals surface area contributed by atoms with Crippen LogP contribution in [-0.2, 0) is 14.8 Å². The lowest BCUT2D eigenvalue weighted by atomic mass is 10.1. The summed E-state index contributed by atoms with van der Waals surface area (Å²) >= 11 is 1.32. The van der Waals surface area contributed by atoms with Crippen LogP contribution in [0, 0.1) is 13.8 Å². The number of nitrogens with zero attached hydrogens (tertiary/aromatic N) is 3. The Morgan fingerprint density at radius 1 is 1.06 bits per heavy atom. The van der Waals surface area contributed by atoms with E-state index >= 15 is 0 Å². The molecule has 0 saturated heterocycles. The van der Waals surface area contributed by atoms with Crippen LogP contribution in [0.1, 0.15) is 18.1 Å². The molecule has 0 aliphatic heterocycles. The molecule has 0 radical (unpaired) electrons. The fourth-order valence-electron chi connectivity index (χ4n) is 3.35. The number of H-pyrrole nitrogens is 1. The van der Waals surface area contributed by atoms with Crippen molar-refractivity contribution in [2.45, 2.75) is 30.8 Å². The van der Waals surface area contributed by atoms with Gasteiger partial charge in [0, 0.05) is 30.3 Å². The van der Waals surface area contributed by atoms with Gasteiger partial charge in [0.2, 0.25) is 21.1 Å². The first kappa shape index (κ1) is 22.2. The molecule has 4 rings (SSSR count). The monoisotopic (exact) mass is 470 g/mol. The fraction of sp³-hybridized carbons (Fsp3) is 0.238. The molecule has 2 heterocycles. The third-order valence-electron chi connectivity index (χ3n) is 4.88. The number of amides is 1. The number of hydrogen-bond acceptors (Lipinski definition) is 7. The van der Waals surface area contributed by atoms with Crippen LogP contribution in [0.3, 0.4) is 0 Å². The molecule has 9 nitrogen and oxygen atoms in total. The maximum absolute atomic E-state index is 12.5. The van der Waals surface area contributed by atoms with Gasteiger partial charge in [-0.05, 0) is 49.2 Å². The summed E-state index contributed by atoms with van der Waals surface area (Å²) < 4.78 is 27.5. The molecule has 0 unspecified atom stereocenters. The van der Waals surface area contributed by atoms with Crippen LogP contribution in [-0.4, -0.2) is 46.8 Å². The van der Waals surface area contributed by atoms with E-state index in [1.165, 1.54) is 30.8 Å². The quantitative estimate of drug-likeness (QED) is 0.279. The molecule has 0 aliphatic rings. The minimum absolute atomic E-state index is 0.125. The third-order valence-corrected chi connectivity index (χ3v) is 7.20. The molecule has 2 aromatic heterocycles. The van der Waals surface area contributed by atoms with Crippen LogP contribution in [0.15, 0.2) is 46.5 Å². The number of carbonyl (C=O) groups is 1. The number of hydrogen-bond donors (Lipinski definition) is 3. The SMILES string of the molecule is CC(=O)Nc1ccc(S(=O)(=O)NCCSc2nnc3c(n2)[nH]c2c(C)ccc(C)c23)cc1.